The number of nitrogens with one attached hydrogen (secondary N) is 1. The van der Waals surface area contributed by atoms with Crippen LogP contribution in [0.2, 0.25) is 0 Å². The van der Waals surface area contributed by atoms with E-state index in [-0.39, 0.29) is 0 Å². The number of fused-ring (bicyclic) bond motifs is 1. The van der Waals surface area contributed by atoms with Gasteiger partial charge in [0, 0.05) is 23.8 Å². The summed E-state index contributed by atoms with van der Waals surface area (Å²) < 4.78 is 2.13. The molecule has 0 atom stereocenters. The lowest BCUT2D eigenvalue weighted by Crippen LogP contribution is -2.16. The van der Waals surface area contributed by atoms with Gasteiger partial charge in [0.2, 0.25) is 0 Å². The molecule has 0 bridgehead atoms. The zero-order valence-corrected chi connectivity index (χ0v) is 11.9. The second-order valence-electron chi connectivity index (χ2n) is 5.20. The van der Waals surface area contributed by atoms with Crippen LogP contribution >= 0.6 is 11.3 Å². The molecule has 1 N–H and O–H groups in total. The Morgan fingerprint density at radius 3 is 2.95 bits per heavy atom. The first-order valence-electron chi connectivity index (χ1n) is 7.05. The van der Waals surface area contributed by atoms with E-state index in [1.807, 2.05) is 29.8 Å². The quantitative estimate of drug-likeness (QED) is 0.795. The third-order valence-electron chi connectivity index (χ3n) is 3.86. The zero-order chi connectivity index (χ0) is 13.4. The number of pyridine rings is 1. The lowest BCUT2D eigenvalue weighted by atomic mass is 10.2. The van der Waals surface area contributed by atoms with Gasteiger partial charge in [0.15, 0.2) is 0 Å². The van der Waals surface area contributed by atoms with Crippen molar-refractivity contribution in [1.29, 1.82) is 0 Å². The Hall–Kier alpha value is -1.88. The van der Waals surface area contributed by atoms with Crippen molar-refractivity contribution in [3.8, 4) is 10.7 Å². The Kier molecular flexibility index (Phi) is 2.92. The van der Waals surface area contributed by atoms with Gasteiger partial charge in [-0.25, -0.2) is 9.97 Å². The second kappa shape index (κ2) is 4.90. The van der Waals surface area contributed by atoms with E-state index in [4.69, 9.17) is 4.98 Å². The average Bonchev–Trinajstić information content (AvgIpc) is 3.19. The van der Waals surface area contributed by atoms with E-state index in [1.165, 1.54) is 25.7 Å². The maximum absolute atomic E-state index is 4.75. The molecule has 3 aromatic rings. The summed E-state index contributed by atoms with van der Waals surface area (Å²) in [6.45, 7) is 0. The van der Waals surface area contributed by atoms with Crippen LogP contribution in [-0.2, 0) is 0 Å². The lowest BCUT2D eigenvalue weighted by molar-refractivity contribution is 0.749. The maximum Gasteiger partial charge on any atom is 0.145 e. The Morgan fingerprint density at radius 2 is 2.15 bits per heavy atom. The Balaban J connectivity index is 1.84. The van der Waals surface area contributed by atoms with Crippen LogP contribution in [0.4, 0.5) is 5.82 Å². The SMILES string of the molecule is c1ccn2c(NC3CCCC3)c(-c3nccs3)nc2c1. The van der Waals surface area contributed by atoms with Gasteiger partial charge in [-0.3, -0.25) is 4.40 Å². The van der Waals surface area contributed by atoms with Gasteiger partial charge >= 0.3 is 0 Å². The fourth-order valence-electron chi connectivity index (χ4n) is 2.89. The summed E-state index contributed by atoms with van der Waals surface area (Å²) in [7, 11) is 0. The molecular weight excluding hydrogens is 268 g/mol. The van der Waals surface area contributed by atoms with Crippen molar-refractivity contribution in [1.82, 2.24) is 14.4 Å². The molecule has 0 spiro atoms. The maximum atomic E-state index is 4.75. The summed E-state index contributed by atoms with van der Waals surface area (Å²) in [5, 5.41) is 6.67. The molecule has 5 heteroatoms. The summed E-state index contributed by atoms with van der Waals surface area (Å²) in [4.78, 5) is 9.17. The molecule has 4 nitrogen and oxygen atoms in total. The smallest absolute Gasteiger partial charge is 0.145 e. The minimum Gasteiger partial charge on any atom is -0.367 e. The zero-order valence-electron chi connectivity index (χ0n) is 11.1. The minimum absolute atomic E-state index is 0.564. The van der Waals surface area contributed by atoms with Gasteiger partial charge in [-0.2, -0.15) is 0 Å². The van der Waals surface area contributed by atoms with Crippen molar-refractivity contribution in [3.63, 3.8) is 0 Å². The molecule has 20 heavy (non-hydrogen) atoms. The van der Waals surface area contributed by atoms with Crippen molar-refractivity contribution in [2.24, 2.45) is 0 Å². The molecule has 0 aromatic carbocycles. The molecule has 1 aliphatic carbocycles. The first-order chi connectivity index (χ1) is 9.92. The van der Waals surface area contributed by atoms with Crippen LogP contribution in [-0.4, -0.2) is 20.4 Å². The van der Waals surface area contributed by atoms with Crippen LogP contribution in [0.15, 0.2) is 36.0 Å². The number of anilines is 1. The predicted octanol–water partition coefficient (Wildman–Crippen LogP) is 3.81. The number of aromatic nitrogens is 3. The van der Waals surface area contributed by atoms with E-state index < -0.39 is 0 Å². The van der Waals surface area contributed by atoms with Gasteiger partial charge in [-0.05, 0) is 25.0 Å². The third kappa shape index (κ3) is 1.98. The van der Waals surface area contributed by atoms with Gasteiger partial charge < -0.3 is 5.32 Å². The minimum atomic E-state index is 0.564. The van der Waals surface area contributed by atoms with Crippen LogP contribution in [0, 0.1) is 0 Å². The lowest BCUT2D eigenvalue weighted by Gasteiger charge is -2.14. The number of hydrogen-bond donors (Lipinski definition) is 1. The molecule has 1 aliphatic rings. The monoisotopic (exact) mass is 284 g/mol. The van der Waals surface area contributed by atoms with Gasteiger partial charge in [-0.15, -0.1) is 11.3 Å². The Bertz CT molecular complexity index is 711. The van der Waals surface area contributed by atoms with Gasteiger partial charge in [-0.1, -0.05) is 18.9 Å². The molecule has 0 aliphatic heterocycles. The fourth-order valence-corrected chi connectivity index (χ4v) is 3.51. The molecule has 1 fully saturated rings. The third-order valence-corrected chi connectivity index (χ3v) is 4.64. The van der Waals surface area contributed by atoms with E-state index in [0.717, 1.165) is 22.2 Å². The number of imidazole rings is 1. The molecule has 102 valence electrons. The summed E-state index contributed by atoms with van der Waals surface area (Å²) in [5.41, 5.74) is 1.94. The highest BCUT2D eigenvalue weighted by Gasteiger charge is 2.21. The van der Waals surface area contributed by atoms with Crippen LogP contribution in [0.1, 0.15) is 25.7 Å². The summed E-state index contributed by atoms with van der Waals surface area (Å²) >= 11 is 1.64. The van der Waals surface area contributed by atoms with E-state index in [2.05, 4.69) is 20.9 Å². The fraction of sp³-hybridized carbons (Fsp3) is 0.333. The second-order valence-corrected chi connectivity index (χ2v) is 6.10. The normalized spacial score (nSPS) is 16.0. The first kappa shape index (κ1) is 11.9. The first-order valence-corrected chi connectivity index (χ1v) is 7.93. The van der Waals surface area contributed by atoms with Crippen LogP contribution in [0.3, 0.4) is 0 Å². The highest BCUT2D eigenvalue weighted by Crippen LogP contribution is 2.32. The molecule has 1 saturated carbocycles. The molecule has 4 rings (SSSR count). The summed E-state index contributed by atoms with van der Waals surface area (Å²) in [6.07, 6.45) is 9.04. The Morgan fingerprint density at radius 1 is 1.25 bits per heavy atom. The van der Waals surface area contributed by atoms with E-state index in [1.54, 1.807) is 11.3 Å². The number of rotatable bonds is 3. The van der Waals surface area contributed by atoms with E-state index in [9.17, 15) is 0 Å². The molecule has 0 saturated heterocycles. The van der Waals surface area contributed by atoms with Crippen molar-refractivity contribution in [2.45, 2.75) is 31.7 Å². The van der Waals surface area contributed by atoms with Crippen molar-refractivity contribution in [2.75, 3.05) is 5.32 Å². The molecule has 0 unspecified atom stereocenters. The summed E-state index contributed by atoms with van der Waals surface area (Å²) in [6, 6.07) is 6.67. The standard InChI is InChI=1S/C15H16N4S/c1-2-6-11(5-1)17-14-13(15-16-8-10-20-15)18-12-7-3-4-9-19(12)14/h3-4,7-11,17H,1-2,5-6H2. The number of hydrogen-bond acceptors (Lipinski definition) is 4. The topological polar surface area (TPSA) is 42.2 Å². The largest absolute Gasteiger partial charge is 0.367 e. The van der Waals surface area contributed by atoms with Gasteiger partial charge in [0.1, 0.15) is 22.2 Å². The average molecular weight is 284 g/mol. The molecule has 3 heterocycles. The number of nitrogens with zero attached hydrogens (tertiary/aromatic N) is 3. The molecule has 0 amide bonds. The number of thiazole rings is 1. The van der Waals surface area contributed by atoms with Crippen molar-refractivity contribution >= 4 is 22.8 Å². The van der Waals surface area contributed by atoms with Crippen LogP contribution in [0.5, 0.6) is 0 Å². The van der Waals surface area contributed by atoms with Crippen molar-refractivity contribution < 1.29 is 0 Å². The molecule has 3 aromatic heterocycles. The van der Waals surface area contributed by atoms with Gasteiger partial charge in [0.25, 0.3) is 0 Å². The molecular formula is C15H16N4S. The van der Waals surface area contributed by atoms with Gasteiger partial charge in [0.05, 0.1) is 0 Å². The predicted molar refractivity (Wildman–Crippen MR) is 82.2 cm³/mol. The molecule has 0 radical (unpaired) electrons. The highest BCUT2D eigenvalue weighted by molar-refractivity contribution is 7.13. The Labute approximate surface area is 121 Å². The highest BCUT2D eigenvalue weighted by atomic mass is 32.1. The van der Waals surface area contributed by atoms with E-state index in [0.29, 0.717) is 6.04 Å². The van der Waals surface area contributed by atoms with Crippen LogP contribution < -0.4 is 5.32 Å². The van der Waals surface area contributed by atoms with E-state index >= 15 is 0 Å². The van der Waals surface area contributed by atoms with Crippen molar-refractivity contribution in [3.05, 3.63) is 36.0 Å². The summed E-state index contributed by atoms with van der Waals surface area (Å²) in [5.74, 6) is 1.09. The van der Waals surface area contributed by atoms with Crippen LogP contribution in [0.25, 0.3) is 16.3 Å².